The summed E-state index contributed by atoms with van der Waals surface area (Å²) in [7, 11) is 1.01. The third-order valence-corrected chi connectivity index (χ3v) is 5.18. The number of nitrogens with one attached hydrogen (secondary N) is 1. The Balaban J connectivity index is 2.03. The van der Waals surface area contributed by atoms with Gasteiger partial charge in [0.25, 0.3) is 5.91 Å². The molecular weight excluding hydrogens is 431 g/mol. The Hall–Kier alpha value is -3.04. The predicted molar refractivity (Wildman–Crippen MR) is 103 cm³/mol. The lowest BCUT2D eigenvalue weighted by Crippen LogP contribution is -2.18. The molecule has 0 aliphatic carbocycles. The molecule has 1 aromatic heterocycles. The molecule has 1 heterocycles. The number of carboxylic acid groups (broad SMARTS) is 1. The number of ether oxygens (including phenoxy) is 1. The number of thiophene rings is 1. The second-order valence-electron chi connectivity index (χ2n) is 5.69. The molecule has 150 valence electrons. The monoisotopic (exact) mass is 441 g/mol. The summed E-state index contributed by atoms with van der Waals surface area (Å²) in [5, 5.41) is 13.4. The number of hydrogen-bond acceptors (Lipinski definition) is 4. The summed E-state index contributed by atoms with van der Waals surface area (Å²) in [5.41, 5.74) is -1.21. The van der Waals surface area contributed by atoms with Gasteiger partial charge >= 0.3 is 5.97 Å². The van der Waals surface area contributed by atoms with Crippen LogP contribution in [0.15, 0.2) is 35.7 Å². The molecule has 0 aliphatic rings. The van der Waals surface area contributed by atoms with E-state index in [4.69, 9.17) is 11.6 Å². The zero-order chi connectivity index (χ0) is 21.3. The number of halogens is 4. The molecule has 2 N–H and O–H groups in total. The van der Waals surface area contributed by atoms with Gasteiger partial charge in [-0.2, -0.15) is 4.39 Å². The molecule has 0 atom stereocenters. The number of rotatable bonds is 5. The third kappa shape index (κ3) is 3.92. The second kappa shape index (κ2) is 8.14. The molecule has 1 amide bonds. The average Bonchev–Trinajstić information content (AvgIpc) is 3.08. The van der Waals surface area contributed by atoms with Crippen LogP contribution in [0.3, 0.4) is 0 Å². The highest BCUT2D eigenvalue weighted by Crippen LogP contribution is 2.37. The standard InChI is InChI=1S/C19H11ClF3NO4S/c1-28-12-6-10(21)13(16(23)15(12)22)18(25)24-11-7-29-17(14(11)19(26)27)8-3-2-4-9(20)5-8/h2-7H,1H3,(H,24,25)(H,26,27). The van der Waals surface area contributed by atoms with Crippen molar-refractivity contribution in [3.8, 4) is 16.2 Å². The van der Waals surface area contributed by atoms with Gasteiger partial charge < -0.3 is 15.2 Å². The number of carboxylic acids is 1. The van der Waals surface area contributed by atoms with Crippen LogP contribution >= 0.6 is 22.9 Å². The Morgan fingerprint density at radius 2 is 1.86 bits per heavy atom. The molecule has 2 aromatic carbocycles. The van der Waals surface area contributed by atoms with E-state index in [1.165, 1.54) is 11.4 Å². The van der Waals surface area contributed by atoms with Crippen molar-refractivity contribution in [1.82, 2.24) is 0 Å². The quantitative estimate of drug-likeness (QED) is 0.516. The SMILES string of the molecule is COc1cc(F)c(C(=O)Nc2csc(-c3cccc(Cl)c3)c2C(=O)O)c(F)c1F. The molecule has 3 rings (SSSR count). The van der Waals surface area contributed by atoms with E-state index in [0.29, 0.717) is 16.7 Å². The second-order valence-corrected chi connectivity index (χ2v) is 7.00. The first-order valence-corrected chi connectivity index (χ1v) is 9.13. The number of carbonyl (C=O) groups is 2. The van der Waals surface area contributed by atoms with Crippen LogP contribution in [-0.2, 0) is 0 Å². The maximum Gasteiger partial charge on any atom is 0.339 e. The minimum absolute atomic E-state index is 0.197. The van der Waals surface area contributed by atoms with E-state index in [1.807, 2.05) is 0 Å². The maximum atomic E-state index is 14.2. The maximum absolute atomic E-state index is 14.2. The lowest BCUT2D eigenvalue weighted by Gasteiger charge is -2.10. The highest BCUT2D eigenvalue weighted by molar-refractivity contribution is 7.14. The van der Waals surface area contributed by atoms with E-state index in [0.717, 1.165) is 18.4 Å². The van der Waals surface area contributed by atoms with Gasteiger partial charge in [0.15, 0.2) is 11.6 Å². The normalized spacial score (nSPS) is 10.7. The predicted octanol–water partition coefficient (Wildman–Crippen LogP) is 5.44. The van der Waals surface area contributed by atoms with E-state index in [9.17, 15) is 27.9 Å². The van der Waals surface area contributed by atoms with E-state index >= 15 is 0 Å². The van der Waals surface area contributed by atoms with Crippen LogP contribution < -0.4 is 10.1 Å². The fourth-order valence-electron chi connectivity index (χ4n) is 2.62. The van der Waals surface area contributed by atoms with Crippen LogP contribution in [0.2, 0.25) is 5.02 Å². The number of anilines is 1. The van der Waals surface area contributed by atoms with Crippen LogP contribution in [0, 0.1) is 17.5 Å². The minimum Gasteiger partial charge on any atom is -0.493 e. The number of hydrogen-bond donors (Lipinski definition) is 2. The third-order valence-electron chi connectivity index (χ3n) is 3.91. The van der Waals surface area contributed by atoms with Crippen molar-refractivity contribution in [3.63, 3.8) is 0 Å². The zero-order valence-corrected chi connectivity index (χ0v) is 16.1. The number of carbonyl (C=O) groups excluding carboxylic acids is 1. The van der Waals surface area contributed by atoms with Crippen LogP contribution in [0.1, 0.15) is 20.7 Å². The average molecular weight is 442 g/mol. The number of amides is 1. The van der Waals surface area contributed by atoms with Crippen molar-refractivity contribution in [2.45, 2.75) is 0 Å². The summed E-state index contributed by atoms with van der Waals surface area (Å²) < 4.78 is 46.6. The van der Waals surface area contributed by atoms with Crippen molar-refractivity contribution in [2.24, 2.45) is 0 Å². The first-order valence-electron chi connectivity index (χ1n) is 7.88. The van der Waals surface area contributed by atoms with E-state index < -0.39 is 40.6 Å². The summed E-state index contributed by atoms with van der Waals surface area (Å²) in [4.78, 5) is 24.4. The lowest BCUT2D eigenvalue weighted by atomic mass is 10.1. The first kappa shape index (κ1) is 20.7. The molecule has 0 unspecified atom stereocenters. The van der Waals surface area contributed by atoms with E-state index in [1.54, 1.807) is 18.2 Å². The van der Waals surface area contributed by atoms with Crippen LogP contribution in [0.5, 0.6) is 5.75 Å². The Labute approximate surface area is 171 Å². The summed E-state index contributed by atoms with van der Waals surface area (Å²) in [6.07, 6.45) is 0. The Bertz CT molecular complexity index is 1130. The summed E-state index contributed by atoms with van der Waals surface area (Å²) in [6.45, 7) is 0. The van der Waals surface area contributed by atoms with Gasteiger partial charge in [0.05, 0.1) is 17.7 Å². The molecule has 0 spiro atoms. The van der Waals surface area contributed by atoms with Gasteiger partial charge in [0.1, 0.15) is 16.9 Å². The number of benzene rings is 2. The van der Waals surface area contributed by atoms with Gasteiger partial charge in [-0.3, -0.25) is 4.79 Å². The molecule has 10 heteroatoms. The lowest BCUT2D eigenvalue weighted by molar-refractivity contribution is 0.0699. The molecule has 0 radical (unpaired) electrons. The minimum atomic E-state index is -1.75. The van der Waals surface area contributed by atoms with Gasteiger partial charge in [-0.15, -0.1) is 11.3 Å². The largest absolute Gasteiger partial charge is 0.493 e. The zero-order valence-electron chi connectivity index (χ0n) is 14.6. The number of aromatic carboxylic acids is 1. The molecule has 0 bridgehead atoms. The van der Waals surface area contributed by atoms with Gasteiger partial charge in [-0.1, -0.05) is 23.7 Å². The molecule has 3 aromatic rings. The Morgan fingerprint density at radius 3 is 2.48 bits per heavy atom. The molecular formula is C19H11ClF3NO4S. The molecule has 29 heavy (non-hydrogen) atoms. The van der Waals surface area contributed by atoms with Gasteiger partial charge in [-0.25, -0.2) is 13.6 Å². The summed E-state index contributed by atoms with van der Waals surface area (Å²) in [5.74, 6) is -8.08. The Kier molecular flexibility index (Phi) is 5.81. The Morgan fingerprint density at radius 1 is 1.14 bits per heavy atom. The summed E-state index contributed by atoms with van der Waals surface area (Å²) in [6, 6.07) is 6.89. The smallest absolute Gasteiger partial charge is 0.339 e. The van der Waals surface area contributed by atoms with Crippen molar-refractivity contribution < 1.29 is 32.6 Å². The van der Waals surface area contributed by atoms with Crippen molar-refractivity contribution in [2.75, 3.05) is 12.4 Å². The highest BCUT2D eigenvalue weighted by Gasteiger charge is 2.27. The van der Waals surface area contributed by atoms with Crippen molar-refractivity contribution in [3.05, 3.63) is 69.3 Å². The molecule has 0 saturated carbocycles. The van der Waals surface area contributed by atoms with Gasteiger partial charge in [-0.05, 0) is 17.7 Å². The van der Waals surface area contributed by atoms with Gasteiger partial charge in [0, 0.05) is 16.5 Å². The topological polar surface area (TPSA) is 75.6 Å². The summed E-state index contributed by atoms with van der Waals surface area (Å²) >= 11 is 6.92. The first-order chi connectivity index (χ1) is 13.7. The fraction of sp³-hybridized carbons (Fsp3) is 0.0526. The number of methoxy groups -OCH3 is 1. The van der Waals surface area contributed by atoms with Crippen molar-refractivity contribution in [1.29, 1.82) is 0 Å². The molecule has 0 saturated heterocycles. The van der Waals surface area contributed by atoms with Crippen LogP contribution in [-0.4, -0.2) is 24.1 Å². The molecule has 5 nitrogen and oxygen atoms in total. The van der Waals surface area contributed by atoms with E-state index in [-0.39, 0.29) is 16.1 Å². The van der Waals surface area contributed by atoms with Crippen LogP contribution in [0.25, 0.3) is 10.4 Å². The van der Waals surface area contributed by atoms with Crippen LogP contribution in [0.4, 0.5) is 18.9 Å². The van der Waals surface area contributed by atoms with E-state index in [2.05, 4.69) is 10.1 Å². The highest BCUT2D eigenvalue weighted by atomic mass is 35.5. The van der Waals surface area contributed by atoms with Gasteiger partial charge in [0.2, 0.25) is 5.82 Å². The fourth-order valence-corrected chi connectivity index (χ4v) is 3.80. The molecule has 0 aliphatic heterocycles. The van der Waals surface area contributed by atoms with Crippen molar-refractivity contribution >= 4 is 40.5 Å². The molecule has 0 fully saturated rings.